The lowest BCUT2D eigenvalue weighted by Gasteiger charge is -2.37. The van der Waals surface area contributed by atoms with Gasteiger partial charge in [0, 0.05) is 50.4 Å². The number of rotatable bonds is 7. The Morgan fingerprint density at radius 3 is 2.58 bits per heavy atom. The van der Waals surface area contributed by atoms with Gasteiger partial charge < -0.3 is 4.74 Å². The van der Waals surface area contributed by atoms with Gasteiger partial charge in [-0.3, -0.25) is 25.4 Å². The molecule has 0 atom stereocenters. The van der Waals surface area contributed by atoms with E-state index in [1.54, 1.807) is 52.2 Å². The van der Waals surface area contributed by atoms with Crippen molar-refractivity contribution in [1.29, 1.82) is 10.8 Å². The molecule has 8 nitrogen and oxygen atoms in total. The molecule has 40 heavy (non-hydrogen) atoms. The molecule has 4 aromatic rings. The van der Waals surface area contributed by atoms with Gasteiger partial charge in [-0.15, -0.1) is 16.4 Å². The van der Waals surface area contributed by atoms with Crippen LogP contribution >= 0.6 is 11.3 Å². The molecular formula is C29H28F2N6O2S. The van der Waals surface area contributed by atoms with Gasteiger partial charge in [0.2, 0.25) is 5.90 Å². The number of hydrogen-bond acceptors (Lipinski definition) is 7. The van der Waals surface area contributed by atoms with E-state index in [1.807, 2.05) is 17.5 Å². The summed E-state index contributed by atoms with van der Waals surface area (Å²) in [6.07, 6.45) is 3.16. The van der Waals surface area contributed by atoms with Crippen LogP contribution in [0.25, 0.3) is 5.69 Å². The maximum absolute atomic E-state index is 13.7. The maximum Gasteiger partial charge on any atom is 0.269 e. The molecule has 2 aromatic heterocycles. The lowest BCUT2D eigenvalue weighted by atomic mass is 10.0. The number of halogens is 2. The van der Waals surface area contributed by atoms with E-state index in [0.29, 0.717) is 60.0 Å². The zero-order valence-electron chi connectivity index (χ0n) is 21.8. The minimum absolute atomic E-state index is 0.0737. The molecule has 2 N–H and O–H groups in total. The maximum atomic E-state index is 13.7. The van der Waals surface area contributed by atoms with Gasteiger partial charge in [-0.05, 0) is 60.2 Å². The van der Waals surface area contributed by atoms with Gasteiger partial charge in [0.1, 0.15) is 0 Å². The van der Waals surface area contributed by atoms with E-state index in [9.17, 15) is 13.6 Å². The van der Waals surface area contributed by atoms with Crippen LogP contribution in [-0.2, 0) is 11.3 Å². The smallest absolute Gasteiger partial charge is 0.269 e. The SMILES string of the molecule is CC(=N)OC(=N)c1cccc(-n2ccc(N(C(=O)c3cccs3)C3CCN(Cc4ccc(F)c(F)c4)CC3)n2)c1. The summed E-state index contributed by atoms with van der Waals surface area (Å²) in [5.74, 6) is -1.52. The molecule has 1 aliphatic rings. The predicted molar refractivity (Wildman–Crippen MR) is 151 cm³/mol. The average Bonchev–Trinajstić information content (AvgIpc) is 3.65. The minimum atomic E-state index is -0.857. The number of nitrogens with zero attached hydrogens (tertiary/aromatic N) is 4. The first-order valence-electron chi connectivity index (χ1n) is 12.8. The van der Waals surface area contributed by atoms with Gasteiger partial charge in [0.25, 0.3) is 5.91 Å². The van der Waals surface area contributed by atoms with Gasteiger partial charge in [-0.2, -0.15) is 0 Å². The Hall–Kier alpha value is -4.22. The lowest BCUT2D eigenvalue weighted by Crippen LogP contribution is -2.47. The van der Waals surface area contributed by atoms with E-state index in [-0.39, 0.29) is 23.7 Å². The van der Waals surface area contributed by atoms with E-state index in [4.69, 9.17) is 20.7 Å². The van der Waals surface area contributed by atoms with Crippen LogP contribution in [0.2, 0.25) is 0 Å². The second-order valence-electron chi connectivity index (χ2n) is 9.56. The molecule has 2 aromatic carbocycles. The van der Waals surface area contributed by atoms with Crippen molar-refractivity contribution in [2.24, 2.45) is 0 Å². The number of amides is 1. The van der Waals surface area contributed by atoms with Crippen molar-refractivity contribution in [3.63, 3.8) is 0 Å². The fourth-order valence-corrected chi connectivity index (χ4v) is 5.46. The second-order valence-corrected chi connectivity index (χ2v) is 10.5. The summed E-state index contributed by atoms with van der Waals surface area (Å²) < 4.78 is 33.8. The van der Waals surface area contributed by atoms with Crippen molar-refractivity contribution < 1.29 is 18.3 Å². The normalized spacial score (nSPS) is 14.2. The minimum Gasteiger partial charge on any atom is -0.426 e. The fraction of sp³-hybridized carbons (Fsp3) is 0.241. The third-order valence-corrected chi connectivity index (χ3v) is 7.57. The van der Waals surface area contributed by atoms with E-state index in [0.717, 1.165) is 6.07 Å². The van der Waals surface area contributed by atoms with Crippen LogP contribution in [0.3, 0.4) is 0 Å². The molecule has 0 bridgehead atoms. The Morgan fingerprint density at radius 2 is 1.88 bits per heavy atom. The van der Waals surface area contributed by atoms with Crippen LogP contribution in [0.1, 0.15) is 40.6 Å². The third-order valence-electron chi connectivity index (χ3n) is 6.71. The molecule has 0 saturated carbocycles. The van der Waals surface area contributed by atoms with Crippen molar-refractivity contribution in [3.05, 3.63) is 99.9 Å². The van der Waals surface area contributed by atoms with Crippen molar-refractivity contribution in [2.75, 3.05) is 18.0 Å². The number of piperidine rings is 1. The van der Waals surface area contributed by atoms with Crippen molar-refractivity contribution >= 4 is 34.9 Å². The summed E-state index contributed by atoms with van der Waals surface area (Å²) >= 11 is 1.38. The van der Waals surface area contributed by atoms with Crippen molar-refractivity contribution in [2.45, 2.75) is 32.4 Å². The summed E-state index contributed by atoms with van der Waals surface area (Å²) in [6.45, 7) is 3.35. The van der Waals surface area contributed by atoms with Gasteiger partial charge >= 0.3 is 0 Å². The highest BCUT2D eigenvalue weighted by Gasteiger charge is 2.32. The molecule has 0 unspecified atom stereocenters. The van der Waals surface area contributed by atoms with Gasteiger partial charge in [0.15, 0.2) is 23.4 Å². The van der Waals surface area contributed by atoms with E-state index in [1.165, 1.54) is 24.3 Å². The number of benzene rings is 2. The van der Waals surface area contributed by atoms with Crippen LogP contribution in [-0.4, -0.2) is 51.5 Å². The molecular weight excluding hydrogens is 534 g/mol. The highest BCUT2D eigenvalue weighted by atomic mass is 32.1. The molecule has 206 valence electrons. The lowest BCUT2D eigenvalue weighted by molar-refractivity contribution is 0.0961. The molecule has 1 amide bonds. The number of carbonyl (C=O) groups excluding carboxylic acids is 1. The van der Waals surface area contributed by atoms with Gasteiger partial charge in [-0.25, -0.2) is 13.5 Å². The molecule has 11 heteroatoms. The third kappa shape index (κ3) is 6.16. The van der Waals surface area contributed by atoms with Crippen molar-refractivity contribution in [3.8, 4) is 5.69 Å². The van der Waals surface area contributed by atoms with E-state index >= 15 is 0 Å². The molecule has 3 heterocycles. The van der Waals surface area contributed by atoms with E-state index in [2.05, 4.69) is 4.90 Å². The number of anilines is 1. The Balaban J connectivity index is 1.35. The Kier molecular flexibility index (Phi) is 8.13. The molecule has 0 aliphatic carbocycles. The first-order chi connectivity index (χ1) is 19.3. The van der Waals surface area contributed by atoms with Crippen LogP contribution in [0.15, 0.2) is 72.2 Å². The number of aromatic nitrogens is 2. The summed E-state index contributed by atoms with van der Waals surface area (Å²) in [5, 5.41) is 22.2. The summed E-state index contributed by atoms with van der Waals surface area (Å²) in [5.41, 5.74) is 1.89. The summed E-state index contributed by atoms with van der Waals surface area (Å²) in [6, 6.07) is 16.4. The molecule has 0 spiro atoms. The zero-order valence-corrected chi connectivity index (χ0v) is 22.6. The predicted octanol–water partition coefficient (Wildman–Crippen LogP) is 5.86. The van der Waals surface area contributed by atoms with E-state index < -0.39 is 11.6 Å². The van der Waals surface area contributed by atoms with Gasteiger partial charge in [-0.1, -0.05) is 18.2 Å². The molecule has 1 fully saturated rings. The molecule has 1 saturated heterocycles. The largest absolute Gasteiger partial charge is 0.426 e. The topological polar surface area (TPSA) is 98.3 Å². The van der Waals surface area contributed by atoms with Crippen LogP contribution in [0.4, 0.5) is 14.6 Å². The summed E-state index contributed by atoms with van der Waals surface area (Å²) in [7, 11) is 0. The molecule has 1 aliphatic heterocycles. The first-order valence-corrected chi connectivity index (χ1v) is 13.7. The first kappa shape index (κ1) is 27.4. The monoisotopic (exact) mass is 562 g/mol. The molecule has 0 radical (unpaired) electrons. The number of ether oxygens (including phenoxy) is 1. The number of carbonyl (C=O) groups is 1. The van der Waals surface area contributed by atoms with Gasteiger partial charge in [0.05, 0.1) is 10.6 Å². The highest BCUT2D eigenvalue weighted by molar-refractivity contribution is 7.12. The number of thiophene rings is 1. The number of nitrogens with one attached hydrogen (secondary N) is 2. The fourth-order valence-electron chi connectivity index (χ4n) is 4.80. The Morgan fingerprint density at radius 1 is 1.07 bits per heavy atom. The Bertz CT molecular complexity index is 1530. The van der Waals surface area contributed by atoms with Crippen molar-refractivity contribution in [1.82, 2.24) is 14.7 Å². The Labute approximate surface area is 234 Å². The second kappa shape index (κ2) is 11.9. The summed E-state index contributed by atoms with van der Waals surface area (Å²) in [4.78, 5) is 18.2. The molecule has 5 rings (SSSR count). The van der Waals surface area contributed by atoms with Crippen LogP contribution in [0, 0.1) is 22.5 Å². The number of likely N-dealkylation sites (tertiary alicyclic amines) is 1. The quantitative estimate of drug-likeness (QED) is 0.218. The zero-order chi connectivity index (χ0) is 28.2. The average molecular weight is 563 g/mol. The van der Waals surface area contributed by atoms with Crippen LogP contribution in [0.5, 0.6) is 0 Å². The highest BCUT2D eigenvalue weighted by Crippen LogP contribution is 2.27. The number of hydrogen-bond donors (Lipinski definition) is 2. The van der Waals surface area contributed by atoms with Crippen LogP contribution < -0.4 is 4.90 Å². The standard InChI is InChI=1S/C29H28F2N6O2S/c1-19(32)39-28(33)21-4-2-5-23(17-21)36-14-11-27(34-36)37(29(38)26-6-3-15-40-26)22-9-12-35(13-10-22)18-20-7-8-24(30)25(31)16-20/h2-8,11,14-17,22,32-33H,9-10,12-13,18H2,1H3.